The molecule has 1 aliphatic heterocycles. The molecule has 0 bridgehead atoms. The fourth-order valence-corrected chi connectivity index (χ4v) is 2.58. The number of alkyl carbamates (subject to hydrolysis) is 1. The van der Waals surface area contributed by atoms with Crippen molar-refractivity contribution in [2.45, 2.75) is 38.8 Å². The molecule has 0 radical (unpaired) electrons. The number of nitrogens with one attached hydrogen (secondary N) is 1. The maximum absolute atomic E-state index is 11.6. The van der Waals surface area contributed by atoms with Crippen molar-refractivity contribution in [1.82, 2.24) is 10.3 Å². The molecular weight excluding hydrogens is 250 g/mol. The quantitative estimate of drug-likeness (QED) is 0.894. The van der Waals surface area contributed by atoms with E-state index in [1.165, 1.54) is 0 Å². The summed E-state index contributed by atoms with van der Waals surface area (Å²) < 4.78 is 5.24. The Morgan fingerprint density at radius 3 is 3.00 bits per heavy atom. The molecule has 0 aliphatic carbocycles. The summed E-state index contributed by atoms with van der Waals surface area (Å²) >= 11 is 1.62. The van der Waals surface area contributed by atoms with Gasteiger partial charge in [-0.1, -0.05) is 0 Å². The molecule has 2 rings (SSSR count). The van der Waals surface area contributed by atoms with Crippen LogP contribution in [-0.2, 0) is 4.74 Å². The van der Waals surface area contributed by atoms with Crippen molar-refractivity contribution < 1.29 is 9.53 Å². The Morgan fingerprint density at radius 2 is 2.39 bits per heavy atom. The van der Waals surface area contributed by atoms with Crippen LogP contribution in [0.5, 0.6) is 0 Å². The number of thiazole rings is 1. The van der Waals surface area contributed by atoms with Crippen LogP contribution in [0.15, 0.2) is 11.6 Å². The van der Waals surface area contributed by atoms with Gasteiger partial charge in [0.15, 0.2) is 5.13 Å². The van der Waals surface area contributed by atoms with Crippen LogP contribution in [0, 0.1) is 0 Å². The smallest absolute Gasteiger partial charge is 0.407 e. The lowest BCUT2D eigenvalue weighted by Crippen LogP contribution is -2.40. The number of hydrogen-bond acceptors (Lipinski definition) is 5. The third kappa shape index (κ3) is 3.60. The maximum Gasteiger partial charge on any atom is 0.407 e. The lowest BCUT2D eigenvalue weighted by Gasteiger charge is -2.21. The molecule has 1 aromatic heterocycles. The van der Waals surface area contributed by atoms with Gasteiger partial charge in [-0.3, -0.25) is 0 Å². The minimum Gasteiger partial charge on any atom is -0.444 e. The highest BCUT2D eigenvalue weighted by atomic mass is 32.1. The highest BCUT2D eigenvalue weighted by Crippen LogP contribution is 2.22. The lowest BCUT2D eigenvalue weighted by atomic mass is 10.2. The SMILES string of the molecule is CC(C)(C)OC(=O)N[C@H]1CCN(c2nccs2)C1. The summed E-state index contributed by atoms with van der Waals surface area (Å²) in [5.74, 6) is 0. The fourth-order valence-electron chi connectivity index (χ4n) is 1.90. The Labute approximate surface area is 111 Å². The van der Waals surface area contributed by atoms with E-state index in [-0.39, 0.29) is 12.1 Å². The van der Waals surface area contributed by atoms with E-state index in [1.54, 1.807) is 17.5 Å². The molecule has 18 heavy (non-hydrogen) atoms. The van der Waals surface area contributed by atoms with Crippen LogP contribution in [0.1, 0.15) is 27.2 Å². The monoisotopic (exact) mass is 269 g/mol. The molecule has 5 nitrogen and oxygen atoms in total. The van der Waals surface area contributed by atoms with Crippen molar-refractivity contribution in [1.29, 1.82) is 0 Å². The number of nitrogens with zero attached hydrogens (tertiary/aromatic N) is 2. The molecule has 1 N–H and O–H groups in total. The highest BCUT2D eigenvalue weighted by molar-refractivity contribution is 7.13. The van der Waals surface area contributed by atoms with Gasteiger partial charge in [-0.05, 0) is 27.2 Å². The molecule has 1 fully saturated rings. The van der Waals surface area contributed by atoms with Crippen LogP contribution in [0.25, 0.3) is 0 Å². The molecule has 0 spiro atoms. The Hall–Kier alpha value is -1.30. The van der Waals surface area contributed by atoms with Gasteiger partial charge in [-0.2, -0.15) is 0 Å². The van der Waals surface area contributed by atoms with Gasteiger partial charge in [0.05, 0.1) is 6.04 Å². The van der Waals surface area contributed by atoms with E-state index >= 15 is 0 Å². The number of anilines is 1. The molecule has 1 amide bonds. The van der Waals surface area contributed by atoms with E-state index < -0.39 is 5.60 Å². The van der Waals surface area contributed by atoms with Crippen LogP contribution in [0.2, 0.25) is 0 Å². The topological polar surface area (TPSA) is 54.5 Å². The second kappa shape index (κ2) is 5.14. The Bertz CT molecular complexity index is 400. The molecule has 2 heterocycles. The van der Waals surface area contributed by atoms with E-state index in [2.05, 4.69) is 15.2 Å². The summed E-state index contributed by atoms with van der Waals surface area (Å²) in [6.45, 7) is 7.32. The van der Waals surface area contributed by atoms with Crippen LogP contribution in [-0.4, -0.2) is 35.8 Å². The van der Waals surface area contributed by atoms with Gasteiger partial charge >= 0.3 is 6.09 Å². The number of ether oxygens (including phenoxy) is 1. The van der Waals surface area contributed by atoms with E-state index in [9.17, 15) is 4.79 Å². The standard InChI is InChI=1S/C12H19N3O2S/c1-12(2,3)17-11(16)14-9-4-6-15(8-9)10-13-5-7-18-10/h5,7,9H,4,6,8H2,1-3H3,(H,14,16)/t9-/m0/s1. The van der Waals surface area contributed by atoms with Crippen LogP contribution in [0.4, 0.5) is 9.93 Å². The molecule has 1 aliphatic rings. The van der Waals surface area contributed by atoms with E-state index in [1.807, 2.05) is 26.2 Å². The highest BCUT2D eigenvalue weighted by Gasteiger charge is 2.27. The zero-order valence-electron chi connectivity index (χ0n) is 11.0. The molecular formula is C12H19N3O2S. The van der Waals surface area contributed by atoms with Crippen molar-refractivity contribution in [3.63, 3.8) is 0 Å². The second-order valence-electron chi connectivity index (χ2n) is 5.39. The summed E-state index contributed by atoms with van der Waals surface area (Å²) in [5.41, 5.74) is -0.447. The zero-order valence-corrected chi connectivity index (χ0v) is 11.8. The summed E-state index contributed by atoms with van der Waals surface area (Å²) in [4.78, 5) is 18.1. The average molecular weight is 269 g/mol. The summed E-state index contributed by atoms with van der Waals surface area (Å²) in [7, 11) is 0. The first kappa shape index (κ1) is 13.1. The Balaban J connectivity index is 1.81. The van der Waals surface area contributed by atoms with Crippen molar-refractivity contribution >= 4 is 22.6 Å². The largest absolute Gasteiger partial charge is 0.444 e. The first-order valence-corrected chi connectivity index (χ1v) is 6.96. The van der Waals surface area contributed by atoms with Gasteiger partial charge in [0, 0.05) is 24.7 Å². The summed E-state index contributed by atoms with van der Waals surface area (Å²) in [6, 6.07) is 0.142. The molecule has 1 saturated heterocycles. The lowest BCUT2D eigenvalue weighted by molar-refractivity contribution is 0.0509. The van der Waals surface area contributed by atoms with Crippen molar-refractivity contribution in [3.8, 4) is 0 Å². The Morgan fingerprint density at radius 1 is 1.61 bits per heavy atom. The molecule has 0 unspecified atom stereocenters. The maximum atomic E-state index is 11.6. The predicted molar refractivity (Wildman–Crippen MR) is 72.1 cm³/mol. The molecule has 0 aromatic carbocycles. The van der Waals surface area contributed by atoms with Crippen LogP contribution in [0.3, 0.4) is 0 Å². The first-order valence-electron chi connectivity index (χ1n) is 6.08. The van der Waals surface area contributed by atoms with Gasteiger partial charge in [-0.25, -0.2) is 9.78 Å². The number of carbonyl (C=O) groups is 1. The van der Waals surface area contributed by atoms with Crippen molar-refractivity contribution in [2.75, 3.05) is 18.0 Å². The van der Waals surface area contributed by atoms with Crippen LogP contribution < -0.4 is 10.2 Å². The normalized spacial score (nSPS) is 19.9. The van der Waals surface area contributed by atoms with Gasteiger partial charge in [0.2, 0.25) is 0 Å². The summed E-state index contributed by atoms with van der Waals surface area (Å²) in [5, 5.41) is 5.88. The van der Waals surface area contributed by atoms with E-state index in [0.717, 1.165) is 24.6 Å². The van der Waals surface area contributed by atoms with Crippen molar-refractivity contribution in [3.05, 3.63) is 11.6 Å². The first-order chi connectivity index (χ1) is 8.44. The van der Waals surface area contributed by atoms with Crippen LogP contribution >= 0.6 is 11.3 Å². The molecule has 6 heteroatoms. The van der Waals surface area contributed by atoms with Gasteiger partial charge < -0.3 is 15.0 Å². The van der Waals surface area contributed by atoms with E-state index in [4.69, 9.17) is 4.74 Å². The van der Waals surface area contributed by atoms with Gasteiger partial charge in [0.25, 0.3) is 0 Å². The molecule has 100 valence electrons. The average Bonchev–Trinajstić information content (AvgIpc) is 2.82. The zero-order chi connectivity index (χ0) is 13.2. The predicted octanol–water partition coefficient (Wildman–Crippen LogP) is 2.25. The fraction of sp³-hybridized carbons (Fsp3) is 0.667. The van der Waals surface area contributed by atoms with Gasteiger partial charge in [0.1, 0.15) is 5.60 Å². The van der Waals surface area contributed by atoms with E-state index in [0.29, 0.717) is 0 Å². The molecule has 1 atom stereocenters. The van der Waals surface area contributed by atoms with Crippen molar-refractivity contribution in [2.24, 2.45) is 0 Å². The number of aromatic nitrogens is 1. The second-order valence-corrected chi connectivity index (χ2v) is 6.27. The number of rotatable bonds is 2. The summed E-state index contributed by atoms with van der Waals surface area (Å²) in [6.07, 6.45) is 2.39. The number of hydrogen-bond donors (Lipinski definition) is 1. The Kier molecular flexibility index (Phi) is 3.75. The number of amides is 1. The minimum absolute atomic E-state index is 0.142. The molecule has 0 saturated carbocycles. The third-order valence-corrected chi connectivity index (χ3v) is 3.43. The number of carbonyl (C=O) groups excluding carboxylic acids is 1. The third-order valence-electron chi connectivity index (χ3n) is 2.60. The minimum atomic E-state index is -0.447. The molecule has 1 aromatic rings. The van der Waals surface area contributed by atoms with Gasteiger partial charge in [-0.15, -0.1) is 11.3 Å².